The summed E-state index contributed by atoms with van der Waals surface area (Å²) in [4.78, 5) is 41.6. The fourth-order valence-electron chi connectivity index (χ4n) is 20.4. The molecule has 0 fully saturated rings. The van der Waals surface area contributed by atoms with E-state index in [0.29, 0.717) is 34.9 Å². The summed E-state index contributed by atoms with van der Waals surface area (Å²) in [6.07, 6.45) is 0. The molecule has 4 aromatic heterocycles. The largest absolute Gasteiger partial charge is 0.457 e. The molecule has 22 aromatic rings. The second kappa shape index (κ2) is 29.9. The molecule has 2 aliphatic carbocycles. The Bertz CT molecular complexity index is 8180. The number of aromatic nitrogens is 8. The Kier molecular flexibility index (Phi) is 17.2. The predicted octanol–water partition coefficient (Wildman–Crippen LogP) is 28.8. The summed E-state index contributed by atoms with van der Waals surface area (Å²) < 4.78 is 13.3. The second-order valence-electron chi connectivity index (χ2n) is 33.0. The Morgan fingerprint density at radius 3 is 0.820 bits per heavy atom. The van der Waals surface area contributed by atoms with Gasteiger partial charge in [0.05, 0.1) is 33.3 Å². The first-order valence-corrected chi connectivity index (χ1v) is 43.3. The van der Waals surface area contributed by atoms with Crippen molar-refractivity contribution in [2.75, 3.05) is 0 Å². The van der Waals surface area contributed by atoms with Crippen molar-refractivity contribution in [1.82, 2.24) is 39.9 Å². The van der Waals surface area contributed by atoms with Gasteiger partial charge in [-0.1, -0.05) is 382 Å². The lowest BCUT2D eigenvalue weighted by Crippen LogP contribution is -2.32. The molecule has 6 heterocycles. The number of para-hydroxylation sites is 6. The summed E-state index contributed by atoms with van der Waals surface area (Å²) in [5.74, 6) is 7.15. The molecule has 26 rings (SSSR count). The second-order valence-corrected chi connectivity index (χ2v) is 33.0. The van der Waals surface area contributed by atoms with Crippen molar-refractivity contribution >= 4 is 43.4 Å². The highest BCUT2D eigenvalue weighted by Crippen LogP contribution is 2.66. The highest BCUT2D eigenvalue weighted by atomic mass is 16.5. The van der Waals surface area contributed by atoms with E-state index in [9.17, 15) is 0 Å². The van der Waals surface area contributed by atoms with E-state index in [0.717, 1.165) is 156 Å². The molecule has 0 radical (unpaired) electrons. The van der Waals surface area contributed by atoms with E-state index in [1.807, 2.05) is 72.8 Å². The topological polar surface area (TPSA) is 122 Å². The van der Waals surface area contributed by atoms with Crippen LogP contribution in [0.5, 0.6) is 23.0 Å². The van der Waals surface area contributed by atoms with Crippen molar-refractivity contribution in [3.05, 3.63) is 481 Å². The Labute approximate surface area is 738 Å². The molecule has 596 valence electrons. The third-order valence-corrected chi connectivity index (χ3v) is 25.9. The Balaban J connectivity index is 0.000000139. The van der Waals surface area contributed by atoms with Crippen LogP contribution in [0.1, 0.15) is 44.5 Å². The van der Waals surface area contributed by atoms with Gasteiger partial charge in [0.25, 0.3) is 0 Å². The number of hydrogen-bond donors (Lipinski definition) is 0. The maximum Gasteiger partial charge on any atom is 0.164 e. The summed E-state index contributed by atoms with van der Waals surface area (Å²) in [5.41, 5.74) is 28.9. The van der Waals surface area contributed by atoms with Crippen LogP contribution in [0.15, 0.2) is 437 Å². The average molecular weight is 1630 g/mol. The van der Waals surface area contributed by atoms with Gasteiger partial charge in [-0.3, -0.25) is 0 Å². The van der Waals surface area contributed by atoms with Gasteiger partial charge in [-0.15, -0.1) is 0 Å². The smallest absolute Gasteiger partial charge is 0.164 e. The van der Waals surface area contributed by atoms with Gasteiger partial charge in [-0.05, 0) is 121 Å². The summed E-state index contributed by atoms with van der Waals surface area (Å²) >= 11 is 0. The molecule has 0 unspecified atom stereocenters. The molecule has 18 aromatic carbocycles. The molecule has 128 heavy (non-hydrogen) atoms. The van der Waals surface area contributed by atoms with Crippen molar-refractivity contribution < 1.29 is 9.47 Å². The Morgan fingerprint density at radius 1 is 0.164 bits per heavy atom. The van der Waals surface area contributed by atoms with Crippen LogP contribution >= 0.6 is 0 Å². The highest BCUT2D eigenvalue weighted by Gasteiger charge is 2.54. The third-order valence-electron chi connectivity index (χ3n) is 25.9. The van der Waals surface area contributed by atoms with E-state index in [4.69, 9.17) is 49.3 Å². The minimum absolute atomic E-state index is 0.579. The normalized spacial score (nSPS) is 12.9. The van der Waals surface area contributed by atoms with Gasteiger partial charge >= 0.3 is 0 Å². The maximum atomic E-state index is 6.64. The van der Waals surface area contributed by atoms with Crippen molar-refractivity contribution in [2.24, 2.45) is 0 Å². The van der Waals surface area contributed by atoms with Crippen LogP contribution in [-0.2, 0) is 10.8 Å². The first-order chi connectivity index (χ1) is 63.4. The lowest BCUT2D eigenvalue weighted by Gasteiger charge is -2.39. The van der Waals surface area contributed by atoms with E-state index in [1.165, 1.54) is 55.3 Å². The van der Waals surface area contributed by atoms with E-state index in [1.54, 1.807) is 0 Å². The van der Waals surface area contributed by atoms with Gasteiger partial charge in [0.15, 0.2) is 34.9 Å². The molecule has 0 amide bonds. The summed E-state index contributed by atoms with van der Waals surface area (Å²) in [6.45, 7) is 0. The average Bonchev–Trinajstić information content (AvgIpc) is 1.51. The molecule has 10 nitrogen and oxygen atoms in total. The van der Waals surface area contributed by atoms with E-state index < -0.39 is 10.8 Å². The van der Waals surface area contributed by atoms with Gasteiger partial charge in [0, 0.05) is 99.1 Å². The standard InChI is InChI=1S/2C59H36N4O/c1-3-17-37(18-4-1)39-21-15-23-41(35-39)57-61-56(38-19-5-2-6-20-38)62-58(63-57)42-24-16-22-40(36-42)55-45-33-34-49-54(53(45)44-26-8-12-30-50(44)60-55)43-25-7-9-27-46(43)59(49)47-28-10-13-31-51(47)64-52-32-14-11-29-48(52)59;1-3-16-37(17-4-1)38-30-32-40(33-31-38)57-61-56(39-18-5-2-6-19-39)62-58(63-57)42-21-15-20-41(36-42)55-45-34-35-49-54(53(45)44-23-8-12-27-50(44)60-55)43-22-7-9-24-46(43)59(49)47-25-10-13-28-51(47)64-52-29-14-11-26-48(52)59/h2*1-36H. The van der Waals surface area contributed by atoms with E-state index in [2.05, 4.69) is 364 Å². The van der Waals surface area contributed by atoms with Crippen LogP contribution in [0.4, 0.5) is 0 Å². The monoisotopic (exact) mass is 1630 g/mol. The molecular weight excluding hydrogens is 1560 g/mol. The number of ether oxygens (including phenoxy) is 2. The van der Waals surface area contributed by atoms with Crippen molar-refractivity contribution in [3.8, 4) is 158 Å². The van der Waals surface area contributed by atoms with Crippen LogP contribution in [0, 0.1) is 0 Å². The van der Waals surface area contributed by atoms with Gasteiger partial charge in [-0.25, -0.2) is 39.9 Å². The van der Waals surface area contributed by atoms with Gasteiger partial charge in [0.2, 0.25) is 0 Å². The van der Waals surface area contributed by atoms with E-state index >= 15 is 0 Å². The van der Waals surface area contributed by atoms with Crippen LogP contribution in [0.3, 0.4) is 0 Å². The molecule has 0 N–H and O–H groups in total. The van der Waals surface area contributed by atoms with Crippen molar-refractivity contribution in [1.29, 1.82) is 0 Å². The van der Waals surface area contributed by atoms with Crippen LogP contribution in [-0.4, -0.2) is 39.9 Å². The summed E-state index contributed by atoms with van der Waals surface area (Å²) in [5, 5.41) is 6.75. The van der Waals surface area contributed by atoms with Crippen LogP contribution < -0.4 is 9.47 Å². The van der Waals surface area contributed by atoms with Gasteiger partial charge < -0.3 is 9.47 Å². The fraction of sp³-hybridized carbons (Fsp3) is 0.0169. The molecule has 10 heteroatoms. The Morgan fingerprint density at radius 2 is 0.430 bits per heavy atom. The molecule has 0 atom stereocenters. The molecule has 2 spiro atoms. The summed E-state index contributed by atoms with van der Waals surface area (Å²) in [7, 11) is 0. The molecule has 4 aliphatic rings. The SMILES string of the molecule is c1ccc(-c2ccc(-c3nc(-c4ccccc4)nc(-c4cccc(-c5nc6ccccc6c6c7c(ccc56)C5(c6ccccc6Oc6ccccc65)c5ccccc5-7)c4)n3)cc2)cc1.c1ccc(-c2cccc(-c3nc(-c4ccccc4)nc(-c4cccc(-c5nc6ccccc6c6c7c(ccc56)C5(c6ccccc6Oc6ccccc65)c5ccccc5-7)c4)n3)c2)cc1. The zero-order valence-corrected chi connectivity index (χ0v) is 69.0. The zero-order chi connectivity index (χ0) is 84.4. The molecule has 0 saturated heterocycles. The number of nitrogens with zero attached hydrogens (tertiary/aromatic N) is 8. The minimum atomic E-state index is -0.580. The lowest BCUT2D eigenvalue weighted by molar-refractivity contribution is 0.436. The first kappa shape index (κ1) is 73.6. The maximum absolute atomic E-state index is 6.64. The number of benzene rings is 18. The fourth-order valence-corrected chi connectivity index (χ4v) is 20.4. The van der Waals surface area contributed by atoms with Gasteiger partial charge in [0.1, 0.15) is 23.0 Å². The van der Waals surface area contributed by atoms with Crippen molar-refractivity contribution in [3.63, 3.8) is 0 Å². The first-order valence-electron chi connectivity index (χ1n) is 43.3. The van der Waals surface area contributed by atoms with Crippen molar-refractivity contribution in [2.45, 2.75) is 10.8 Å². The number of rotatable bonds is 10. The minimum Gasteiger partial charge on any atom is -0.457 e. The highest BCUT2D eigenvalue weighted by molar-refractivity contribution is 6.21. The van der Waals surface area contributed by atoms with E-state index in [-0.39, 0.29) is 0 Å². The van der Waals surface area contributed by atoms with Crippen LogP contribution in [0.25, 0.3) is 179 Å². The quantitative estimate of drug-likeness (QED) is 0.122. The van der Waals surface area contributed by atoms with Crippen LogP contribution in [0.2, 0.25) is 0 Å². The molecule has 0 saturated carbocycles. The predicted molar refractivity (Wildman–Crippen MR) is 514 cm³/mol. The number of fused-ring (bicyclic) bond motifs is 26. The third kappa shape index (κ3) is 11.7. The number of hydrogen-bond acceptors (Lipinski definition) is 10. The molecule has 2 aliphatic heterocycles. The Hall–Kier alpha value is -17.1. The molecule has 0 bridgehead atoms. The summed E-state index contributed by atoms with van der Waals surface area (Å²) in [6, 6.07) is 153. The van der Waals surface area contributed by atoms with Gasteiger partial charge in [-0.2, -0.15) is 0 Å². The lowest BCUT2D eigenvalue weighted by atomic mass is 9.66. The molecular formula is C118H72N8O2. The zero-order valence-electron chi connectivity index (χ0n) is 69.0. The number of pyridine rings is 2.